The molecule has 186 valence electrons. The molecule has 0 radical (unpaired) electrons. The van der Waals surface area contributed by atoms with Gasteiger partial charge in [0.2, 0.25) is 0 Å². The largest absolute Gasteiger partial charge is 0.418 e. The normalized spacial score (nSPS) is 12.4. The van der Waals surface area contributed by atoms with E-state index >= 15 is 0 Å². The molecule has 0 heterocycles. The van der Waals surface area contributed by atoms with Crippen LogP contribution in [0.1, 0.15) is 22.3 Å². The minimum absolute atomic E-state index is 0.455. The van der Waals surface area contributed by atoms with Gasteiger partial charge in [-0.2, -0.15) is 0 Å². The highest BCUT2D eigenvalue weighted by Gasteiger charge is 2.11. The van der Waals surface area contributed by atoms with Crippen LogP contribution in [0, 0.1) is 27.7 Å². The van der Waals surface area contributed by atoms with Crippen molar-refractivity contribution in [1.29, 1.82) is 0 Å². The maximum absolute atomic E-state index is 12.4. The number of aryl methyl sites for hydroxylation is 4. The van der Waals surface area contributed by atoms with E-state index in [2.05, 4.69) is 0 Å². The predicted octanol–water partition coefficient (Wildman–Crippen LogP) is 8.28. The lowest BCUT2D eigenvalue weighted by Gasteiger charge is -2.13. The summed E-state index contributed by atoms with van der Waals surface area (Å²) >= 11 is 0. The first-order valence-electron chi connectivity index (χ1n) is 11.4. The molecule has 2 unspecified atom stereocenters. The van der Waals surface area contributed by atoms with Gasteiger partial charge in [-0.15, -0.1) is 0 Å². The first-order valence-corrected chi connectivity index (χ1v) is 13.9. The van der Waals surface area contributed by atoms with Crippen LogP contribution in [0.3, 0.4) is 0 Å². The molecule has 0 saturated heterocycles. The monoisotopic (exact) mass is 522 g/mol. The molecule has 4 rings (SSSR count). The Kier molecular flexibility index (Phi) is 8.20. The predicted molar refractivity (Wildman–Crippen MR) is 144 cm³/mol. The minimum atomic E-state index is -2.77. The molecule has 0 aliphatic carbocycles. The second kappa shape index (κ2) is 11.5. The number of hydrogen-bond acceptors (Lipinski definition) is 6. The summed E-state index contributed by atoms with van der Waals surface area (Å²) in [6.07, 6.45) is 0. The van der Waals surface area contributed by atoms with E-state index in [1.165, 1.54) is 0 Å². The van der Waals surface area contributed by atoms with Crippen LogP contribution in [0.25, 0.3) is 11.1 Å². The van der Waals surface area contributed by atoms with Gasteiger partial charge < -0.3 is 18.1 Å². The third-order valence-corrected chi connectivity index (χ3v) is 7.18. The van der Waals surface area contributed by atoms with Gasteiger partial charge >= 0.3 is 16.5 Å². The Bertz CT molecular complexity index is 1250. The summed E-state index contributed by atoms with van der Waals surface area (Å²) < 4.78 is 47.0. The van der Waals surface area contributed by atoms with E-state index in [9.17, 15) is 9.13 Å². The van der Waals surface area contributed by atoms with Crippen LogP contribution in [-0.4, -0.2) is 0 Å². The van der Waals surface area contributed by atoms with Gasteiger partial charge in [-0.05, 0) is 85.3 Å². The van der Waals surface area contributed by atoms with Crippen LogP contribution in [0.4, 0.5) is 0 Å². The van der Waals surface area contributed by atoms with E-state index in [0.29, 0.717) is 23.0 Å². The van der Waals surface area contributed by atoms with Crippen LogP contribution in [-0.2, 0) is 9.13 Å². The van der Waals surface area contributed by atoms with Crippen molar-refractivity contribution in [3.05, 3.63) is 107 Å². The molecular formula is C28H28O6P2. The zero-order valence-electron chi connectivity index (χ0n) is 20.5. The fraction of sp³-hybridized carbons (Fsp3) is 0.143. The van der Waals surface area contributed by atoms with Crippen molar-refractivity contribution in [2.75, 3.05) is 0 Å². The summed E-state index contributed by atoms with van der Waals surface area (Å²) in [6, 6.07) is 25.9. The Morgan fingerprint density at radius 2 is 0.750 bits per heavy atom. The average molecular weight is 522 g/mol. The van der Waals surface area contributed by atoms with E-state index in [-0.39, 0.29) is 0 Å². The topological polar surface area (TPSA) is 71.1 Å². The van der Waals surface area contributed by atoms with Gasteiger partial charge in [-0.1, -0.05) is 60.7 Å². The SMILES string of the molecule is Cc1cccc(C)c1O[PH](=O)Oc1ccc(-c2ccc(O[PH](=O)Oc3c(C)cccc3C)cc2)cc1. The lowest BCUT2D eigenvalue weighted by atomic mass is 10.1. The molecule has 0 spiro atoms. The molecule has 6 nitrogen and oxygen atoms in total. The Morgan fingerprint density at radius 1 is 0.444 bits per heavy atom. The number of rotatable bonds is 9. The van der Waals surface area contributed by atoms with E-state index in [4.69, 9.17) is 18.1 Å². The molecule has 0 saturated carbocycles. The van der Waals surface area contributed by atoms with Gasteiger partial charge in [0.05, 0.1) is 0 Å². The highest BCUT2D eigenvalue weighted by Crippen LogP contribution is 2.37. The molecular weight excluding hydrogens is 494 g/mol. The van der Waals surface area contributed by atoms with Gasteiger partial charge in [-0.25, -0.2) is 9.13 Å². The van der Waals surface area contributed by atoms with Crippen LogP contribution in [0.5, 0.6) is 23.0 Å². The third kappa shape index (κ3) is 6.40. The summed E-state index contributed by atoms with van der Waals surface area (Å²) in [5, 5.41) is 0. The van der Waals surface area contributed by atoms with Crippen LogP contribution < -0.4 is 18.1 Å². The van der Waals surface area contributed by atoms with Crippen molar-refractivity contribution in [1.82, 2.24) is 0 Å². The van der Waals surface area contributed by atoms with Gasteiger partial charge in [0.15, 0.2) is 0 Å². The fourth-order valence-corrected chi connectivity index (χ4v) is 5.47. The van der Waals surface area contributed by atoms with E-state index in [1.807, 2.05) is 88.4 Å². The van der Waals surface area contributed by atoms with Crippen molar-refractivity contribution >= 4 is 16.5 Å². The molecule has 0 bridgehead atoms. The van der Waals surface area contributed by atoms with Gasteiger partial charge in [0, 0.05) is 0 Å². The number of para-hydroxylation sites is 2. The molecule has 0 aliphatic rings. The lowest BCUT2D eigenvalue weighted by molar-refractivity contribution is 0.412. The summed E-state index contributed by atoms with van der Waals surface area (Å²) in [5.74, 6) is 2.08. The zero-order chi connectivity index (χ0) is 25.7. The summed E-state index contributed by atoms with van der Waals surface area (Å²) in [6.45, 7) is 7.61. The summed E-state index contributed by atoms with van der Waals surface area (Å²) in [5.41, 5.74) is 5.49. The first kappa shape index (κ1) is 25.6. The molecule has 4 aromatic rings. The standard InChI is InChI=1S/C28H28O6P2/c1-19-7-5-8-20(2)27(19)33-35(29)31-25-15-11-23(12-16-25)24-13-17-26(18-14-24)32-36(30)34-28-21(3)9-6-10-22(28)4/h5-18,35-36H,1-4H3. The van der Waals surface area contributed by atoms with Crippen LogP contribution >= 0.6 is 16.5 Å². The maximum atomic E-state index is 12.4. The van der Waals surface area contributed by atoms with E-state index < -0.39 is 16.5 Å². The second-order valence-corrected chi connectivity index (χ2v) is 10.2. The molecule has 0 amide bonds. The molecule has 0 aromatic heterocycles. The fourth-order valence-electron chi connectivity index (χ4n) is 3.75. The van der Waals surface area contributed by atoms with Crippen LogP contribution in [0.15, 0.2) is 84.9 Å². The number of benzene rings is 4. The highest BCUT2D eigenvalue weighted by molar-refractivity contribution is 7.34. The smallest absolute Gasteiger partial charge is 0.418 e. The van der Waals surface area contributed by atoms with Crippen molar-refractivity contribution in [3.63, 3.8) is 0 Å². The Labute approximate surface area is 212 Å². The van der Waals surface area contributed by atoms with Crippen molar-refractivity contribution in [2.45, 2.75) is 27.7 Å². The Hall–Kier alpha value is -3.46. The molecule has 0 aliphatic heterocycles. The third-order valence-electron chi connectivity index (χ3n) is 5.63. The molecule has 0 fully saturated rings. The summed E-state index contributed by atoms with van der Waals surface area (Å²) in [7, 11) is -5.53. The molecule has 0 N–H and O–H groups in total. The zero-order valence-corrected chi connectivity index (χ0v) is 22.5. The van der Waals surface area contributed by atoms with Gasteiger partial charge in [0.1, 0.15) is 23.0 Å². The van der Waals surface area contributed by atoms with Crippen LogP contribution in [0.2, 0.25) is 0 Å². The molecule has 4 aromatic carbocycles. The highest BCUT2D eigenvalue weighted by atomic mass is 31.1. The summed E-state index contributed by atoms with van der Waals surface area (Å²) in [4.78, 5) is 0. The Morgan fingerprint density at radius 3 is 1.06 bits per heavy atom. The van der Waals surface area contributed by atoms with Gasteiger partial charge in [0.25, 0.3) is 0 Å². The number of hydrogen-bond donors (Lipinski definition) is 0. The van der Waals surface area contributed by atoms with Crippen molar-refractivity contribution in [2.24, 2.45) is 0 Å². The van der Waals surface area contributed by atoms with E-state index in [1.54, 1.807) is 24.3 Å². The second-order valence-electron chi connectivity index (χ2n) is 8.40. The van der Waals surface area contributed by atoms with Crippen molar-refractivity contribution < 1.29 is 27.2 Å². The van der Waals surface area contributed by atoms with E-state index in [0.717, 1.165) is 33.4 Å². The maximum Gasteiger partial charge on any atom is 0.418 e. The van der Waals surface area contributed by atoms with Gasteiger partial charge in [-0.3, -0.25) is 0 Å². The molecule has 2 atom stereocenters. The Balaban J connectivity index is 1.35. The minimum Gasteiger partial charge on any atom is -0.418 e. The quantitative estimate of drug-likeness (QED) is 0.206. The molecule has 8 heteroatoms. The van der Waals surface area contributed by atoms with Crippen molar-refractivity contribution in [3.8, 4) is 34.1 Å². The average Bonchev–Trinajstić information content (AvgIpc) is 2.85. The first-order chi connectivity index (χ1) is 17.3. The molecule has 36 heavy (non-hydrogen) atoms. The lowest BCUT2D eigenvalue weighted by Crippen LogP contribution is -1.93.